The van der Waals surface area contributed by atoms with Gasteiger partial charge in [0.1, 0.15) is 12.2 Å². The highest BCUT2D eigenvalue weighted by molar-refractivity contribution is 5.74. The summed E-state index contributed by atoms with van der Waals surface area (Å²) in [5.41, 5.74) is -0.509. The third kappa shape index (κ3) is 2.94. The first-order valence-corrected chi connectivity index (χ1v) is 6.86. The van der Waals surface area contributed by atoms with Crippen LogP contribution in [-0.4, -0.2) is 43.8 Å². The van der Waals surface area contributed by atoms with Crippen molar-refractivity contribution < 1.29 is 9.90 Å². The molecule has 0 aliphatic carbocycles. The summed E-state index contributed by atoms with van der Waals surface area (Å²) in [4.78, 5) is 13.8. The molecule has 6 heteroatoms. The fourth-order valence-corrected chi connectivity index (χ4v) is 2.84. The second-order valence-electron chi connectivity index (χ2n) is 5.47. The topological polar surface area (TPSA) is 71.2 Å². The first kappa shape index (κ1) is 14.0. The summed E-state index contributed by atoms with van der Waals surface area (Å²) in [5.74, 6) is 0.297. The quantitative estimate of drug-likeness (QED) is 0.869. The Morgan fingerprint density at radius 3 is 2.63 bits per heavy atom. The summed E-state index contributed by atoms with van der Waals surface area (Å²) in [6, 6.07) is 0. The SMILES string of the molecule is CCCC1(C(=O)O)CCN(Cc2nncn2C)CC1. The maximum Gasteiger partial charge on any atom is 0.309 e. The van der Waals surface area contributed by atoms with Crippen LogP contribution in [-0.2, 0) is 18.4 Å². The minimum absolute atomic E-state index is 0.509. The van der Waals surface area contributed by atoms with Crippen LogP contribution in [0.2, 0.25) is 0 Å². The van der Waals surface area contributed by atoms with Gasteiger partial charge in [-0.3, -0.25) is 9.69 Å². The van der Waals surface area contributed by atoms with Crippen molar-refractivity contribution in [1.29, 1.82) is 0 Å². The molecule has 2 rings (SSSR count). The molecule has 1 N–H and O–H groups in total. The van der Waals surface area contributed by atoms with E-state index in [2.05, 4.69) is 22.0 Å². The lowest BCUT2D eigenvalue weighted by Crippen LogP contribution is -2.44. The number of carboxylic acid groups (broad SMARTS) is 1. The monoisotopic (exact) mass is 266 g/mol. The zero-order chi connectivity index (χ0) is 13.9. The lowest BCUT2D eigenvalue weighted by atomic mass is 9.75. The molecule has 106 valence electrons. The number of aryl methyl sites for hydroxylation is 1. The highest BCUT2D eigenvalue weighted by Crippen LogP contribution is 2.36. The van der Waals surface area contributed by atoms with Crippen molar-refractivity contribution in [2.24, 2.45) is 12.5 Å². The van der Waals surface area contributed by atoms with Crippen LogP contribution < -0.4 is 0 Å². The second-order valence-corrected chi connectivity index (χ2v) is 5.47. The van der Waals surface area contributed by atoms with Crippen LogP contribution in [0, 0.1) is 5.41 Å². The van der Waals surface area contributed by atoms with Gasteiger partial charge in [-0.15, -0.1) is 10.2 Å². The molecule has 19 heavy (non-hydrogen) atoms. The zero-order valence-corrected chi connectivity index (χ0v) is 11.7. The summed E-state index contributed by atoms with van der Waals surface area (Å²) >= 11 is 0. The largest absolute Gasteiger partial charge is 0.481 e. The molecule has 1 aliphatic heterocycles. The van der Waals surface area contributed by atoms with Gasteiger partial charge in [-0.2, -0.15) is 0 Å². The van der Waals surface area contributed by atoms with Crippen LogP contribution in [0.3, 0.4) is 0 Å². The Kier molecular flexibility index (Phi) is 4.19. The predicted octanol–water partition coefficient (Wildman–Crippen LogP) is 1.28. The Balaban J connectivity index is 1.94. The second kappa shape index (κ2) is 5.69. The summed E-state index contributed by atoms with van der Waals surface area (Å²) in [7, 11) is 1.93. The Bertz CT molecular complexity index is 436. The van der Waals surface area contributed by atoms with Gasteiger partial charge in [-0.05, 0) is 32.4 Å². The van der Waals surface area contributed by atoms with Gasteiger partial charge in [0, 0.05) is 7.05 Å². The molecule has 0 saturated carbocycles. The predicted molar refractivity (Wildman–Crippen MR) is 70.5 cm³/mol. The molecule has 1 aliphatic rings. The van der Waals surface area contributed by atoms with Gasteiger partial charge >= 0.3 is 5.97 Å². The number of nitrogens with zero attached hydrogens (tertiary/aromatic N) is 4. The average molecular weight is 266 g/mol. The molecule has 2 heterocycles. The molecule has 6 nitrogen and oxygen atoms in total. The number of piperidine rings is 1. The molecule has 0 spiro atoms. The molecule has 0 atom stereocenters. The molecular weight excluding hydrogens is 244 g/mol. The maximum atomic E-state index is 11.5. The van der Waals surface area contributed by atoms with E-state index >= 15 is 0 Å². The van der Waals surface area contributed by atoms with E-state index in [9.17, 15) is 9.90 Å². The molecule has 1 saturated heterocycles. The van der Waals surface area contributed by atoms with Gasteiger partial charge in [0.25, 0.3) is 0 Å². The van der Waals surface area contributed by atoms with E-state index in [0.717, 1.165) is 51.1 Å². The van der Waals surface area contributed by atoms with Crippen LogP contribution in [0.15, 0.2) is 6.33 Å². The van der Waals surface area contributed by atoms with Gasteiger partial charge in [0.2, 0.25) is 0 Å². The summed E-state index contributed by atoms with van der Waals surface area (Å²) in [5, 5.41) is 17.4. The molecule has 0 unspecified atom stereocenters. The van der Waals surface area contributed by atoms with E-state index in [0.29, 0.717) is 0 Å². The van der Waals surface area contributed by atoms with Crippen LogP contribution in [0.25, 0.3) is 0 Å². The molecule has 1 aromatic heterocycles. The standard InChI is InChI=1S/C13H22N4O2/c1-3-4-13(12(18)19)5-7-17(8-6-13)9-11-15-14-10-16(11)2/h10H,3-9H2,1-2H3,(H,18,19). The van der Waals surface area contributed by atoms with Crippen molar-refractivity contribution in [2.75, 3.05) is 13.1 Å². The number of likely N-dealkylation sites (tertiary alicyclic amines) is 1. The molecule has 0 radical (unpaired) electrons. The number of hydrogen-bond donors (Lipinski definition) is 1. The molecular formula is C13H22N4O2. The van der Waals surface area contributed by atoms with E-state index in [1.54, 1.807) is 6.33 Å². The molecule has 1 fully saturated rings. The van der Waals surface area contributed by atoms with Crippen molar-refractivity contribution >= 4 is 5.97 Å². The highest BCUT2D eigenvalue weighted by atomic mass is 16.4. The van der Waals surface area contributed by atoms with Crippen molar-refractivity contribution in [3.05, 3.63) is 12.2 Å². The van der Waals surface area contributed by atoms with Crippen molar-refractivity contribution in [2.45, 2.75) is 39.2 Å². The normalized spacial score (nSPS) is 19.5. The molecule has 0 bridgehead atoms. The van der Waals surface area contributed by atoms with Crippen LogP contribution in [0.1, 0.15) is 38.4 Å². The minimum Gasteiger partial charge on any atom is -0.481 e. The fourth-order valence-electron chi connectivity index (χ4n) is 2.84. The fraction of sp³-hybridized carbons (Fsp3) is 0.769. The van der Waals surface area contributed by atoms with Gasteiger partial charge in [0.15, 0.2) is 0 Å². The maximum absolute atomic E-state index is 11.5. The average Bonchev–Trinajstić information content (AvgIpc) is 2.78. The van der Waals surface area contributed by atoms with E-state index in [1.165, 1.54) is 0 Å². The van der Waals surface area contributed by atoms with Gasteiger partial charge in [-0.1, -0.05) is 13.3 Å². The van der Waals surface area contributed by atoms with E-state index in [4.69, 9.17) is 0 Å². The number of aliphatic carboxylic acids is 1. The molecule has 0 amide bonds. The summed E-state index contributed by atoms with van der Waals surface area (Å²) < 4.78 is 1.91. The van der Waals surface area contributed by atoms with Crippen molar-refractivity contribution in [3.63, 3.8) is 0 Å². The summed E-state index contributed by atoms with van der Waals surface area (Å²) in [6.07, 6.45) is 4.86. The smallest absolute Gasteiger partial charge is 0.309 e. The first-order chi connectivity index (χ1) is 9.07. The third-order valence-corrected chi connectivity index (χ3v) is 4.17. The van der Waals surface area contributed by atoms with Crippen LogP contribution >= 0.6 is 0 Å². The number of hydrogen-bond acceptors (Lipinski definition) is 4. The van der Waals surface area contributed by atoms with Gasteiger partial charge in [0.05, 0.1) is 12.0 Å². The zero-order valence-electron chi connectivity index (χ0n) is 11.7. The van der Waals surface area contributed by atoms with Gasteiger partial charge < -0.3 is 9.67 Å². The van der Waals surface area contributed by atoms with Crippen LogP contribution in [0.4, 0.5) is 0 Å². The van der Waals surface area contributed by atoms with E-state index < -0.39 is 11.4 Å². The molecule has 0 aromatic carbocycles. The Hall–Kier alpha value is -1.43. The number of carboxylic acids is 1. The van der Waals surface area contributed by atoms with E-state index in [-0.39, 0.29) is 0 Å². The number of carbonyl (C=O) groups is 1. The summed E-state index contributed by atoms with van der Waals surface area (Å²) in [6.45, 7) is 4.44. The number of aromatic nitrogens is 3. The highest BCUT2D eigenvalue weighted by Gasteiger charge is 2.40. The first-order valence-electron chi connectivity index (χ1n) is 6.86. The Morgan fingerprint density at radius 2 is 2.16 bits per heavy atom. The lowest BCUT2D eigenvalue weighted by molar-refractivity contribution is -0.152. The Morgan fingerprint density at radius 1 is 1.47 bits per heavy atom. The van der Waals surface area contributed by atoms with E-state index in [1.807, 2.05) is 11.6 Å². The lowest BCUT2D eigenvalue weighted by Gasteiger charge is -2.38. The van der Waals surface area contributed by atoms with Crippen LogP contribution in [0.5, 0.6) is 0 Å². The van der Waals surface area contributed by atoms with Crippen molar-refractivity contribution in [3.8, 4) is 0 Å². The minimum atomic E-state index is -0.632. The molecule has 1 aromatic rings. The van der Waals surface area contributed by atoms with Crippen molar-refractivity contribution in [1.82, 2.24) is 19.7 Å². The Labute approximate surface area is 113 Å². The van der Waals surface area contributed by atoms with Gasteiger partial charge in [-0.25, -0.2) is 0 Å². The third-order valence-electron chi connectivity index (χ3n) is 4.17. The number of rotatable bonds is 5.